The molecule has 220 valence electrons. The van der Waals surface area contributed by atoms with E-state index in [-0.39, 0.29) is 5.75 Å². The highest BCUT2D eigenvalue weighted by atomic mass is 32.2. The summed E-state index contributed by atoms with van der Waals surface area (Å²) in [6.45, 7) is 5.00. The van der Waals surface area contributed by atoms with Crippen molar-refractivity contribution in [1.82, 2.24) is 0 Å². The summed E-state index contributed by atoms with van der Waals surface area (Å²) in [5.41, 5.74) is 2.58. The second-order valence-corrected chi connectivity index (χ2v) is 12.6. The van der Waals surface area contributed by atoms with Crippen LogP contribution in [-0.4, -0.2) is 20.8 Å². The van der Waals surface area contributed by atoms with Crippen molar-refractivity contribution in [2.75, 3.05) is 12.4 Å². The predicted molar refractivity (Wildman–Crippen MR) is 165 cm³/mol. The number of benzene rings is 2. The van der Waals surface area contributed by atoms with Gasteiger partial charge in [0.2, 0.25) is 0 Å². The Labute approximate surface area is 240 Å². The topological polar surface area (TPSA) is 52.6 Å². The predicted octanol–water partition coefficient (Wildman–Crippen LogP) is 9.84. The smallest absolute Gasteiger partial charge is 0.309 e. The molecule has 4 nitrogen and oxygen atoms in total. The molecule has 5 heteroatoms. The molecule has 0 aliphatic heterocycles. The van der Waals surface area contributed by atoms with E-state index < -0.39 is 10.1 Å². The van der Waals surface area contributed by atoms with Crippen molar-refractivity contribution in [2.45, 2.75) is 129 Å². The van der Waals surface area contributed by atoms with Gasteiger partial charge in [-0.2, -0.15) is 8.42 Å². The highest BCUT2D eigenvalue weighted by Gasteiger charge is 2.12. The van der Waals surface area contributed by atoms with E-state index in [0.29, 0.717) is 25.2 Å². The third kappa shape index (κ3) is 16.6. The van der Waals surface area contributed by atoms with Crippen LogP contribution < -0.4 is 8.92 Å². The van der Waals surface area contributed by atoms with Crippen LogP contribution in [0.5, 0.6) is 11.5 Å². The summed E-state index contributed by atoms with van der Waals surface area (Å²) >= 11 is 0. The van der Waals surface area contributed by atoms with Crippen molar-refractivity contribution in [3.8, 4) is 11.5 Å². The van der Waals surface area contributed by atoms with Crippen molar-refractivity contribution in [1.29, 1.82) is 0 Å². The third-order valence-electron chi connectivity index (χ3n) is 7.27. The van der Waals surface area contributed by atoms with Gasteiger partial charge in [-0.1, -0.05) is 115 Å². The van der Waals surface area contributed by atoms with E-state index in [9.17, 15) is 8.42 Å². The minimum Gasteiger partial charge on any atom is -0.494 e. The van der Waals surface area contributed by atoms with Gasteiger partial charge in [0.25, 0.3) is 0 Å². The van der Waals surface area contributed by atoms with Gasteiger partial charge < -0.3 is 8.92 Å². The molecule has 0 bridgehead atoms. The van der Waals surface area contributed by atoms with Crippen molar-refractivity contribution in [3.63, 3.8) is 0 Å². The van der Waals surface area contributed by atoms with Crippen LogP contribution in [0.3, 0.4) is 0 Å². The normalized spacial score (nSPS) is 11.5. The first-order valence-corrected chi connectivity index (χ1v) is 17.3. The Morgan fingerprint density at radius 1 is 0.513 bits per heavy atom. The number of unbranched alkanes of at least 4 members (excludes halogenated alkanes) is 13. The lowest BCUT2D eigenvalue weighted by molar-refractivity contribution is 0.309. The first-order valence-electron chi connectivity index (χ1n) is 15.7. The number of hydrogen-bond donors (Lipinski definition) is 0. The molecule has 0 spiro atoms. The summed E-state index contributed by atoms with van der Waals surface area (Å²) in [4.78, 5) is 0. The molecule has 0 fully saturated rings. The lowest BCUT2D eigenvalue weighted by Crippen LogP contribution is -2.14. The zero-order chi connectivity index (χ0) is 28.0. The molecule has 2 aromatic carbocycles. The van der Waals surface area contributed by atoms with Gasteiger partial charge >= 0.3 is 10.1 Å². The van der Waals surface area contributed by atoms with Crippen LogP contribution >= 0.6 is 0 Å². The van der Waals surface area contributed by atoms with E-state index in [2.05, 4.69) is 26.0 Å². The Morgan fingerprint density at radius 2 is 0.949 bits per heavy atom. The molecular formula is C34H54O4S. The van der Waals surface area contributed by atoms with Crippen LogP contribution in [0.4, 0.5) is 0 Å². The molecule has 0 aromatic heterocycles. The van der Waals surface area contributed by atoms with Gasteiger partial charge in [-0.25, -0.2) is 0 Å². The van der Waals surface area contributed by atoms with Crippen molar-refractivity contribution in [3.05, 3.63) is 59.7 Å². The number of aryl methyl sites for hydroxylation is 2. The van der Waals surface area contributed by atoms with Gasteiger partial charge in [-0.3, -0.25) is 0 Å². The van der Waals surface area contributed by atoms with E-state index in [1.54, 1.807) is 12.1 Å². The lowest BCUT2D eigenvalue weighted by atomic mass is 10.0. The molecule has 0 aliphatic carbocycles. The fraction of sp³-hybridized carbons (Fsp3) is 0.647. The van der Waals surface area contributed by atoms with Crippen LogP contribution in [-0.2, 0) is 23.0 Å². The molecule has 0 N–H and O–H groups in total. The van der Waals surface area contributed by atoms with Crippen molar-refractivity contribution in [2.24, 2.45) is 0 Å². The summed E-state index contributed by atoms with van der Waals surface area (Å²) < 4.78 is 35.9. The first-order chi connectivity index (χ1) is 19.0. The van der Waals surface area contributed by atoms with Crippen LogP contribution in [0.15, 0.2) is 48.5 Å². The molecule has 0 radical (unpaired) electrons. The molecule has 0 atom stereocenters. The van der Waals surface area contributed by atoms with Crippen molar-refractivity contribution >= 4 is 10.1 Å². The number of hydrogen-bond acceptors (Lipinski definition) is 4. The molecule has 2 rings (SSSR count). The summed E-state index contributed by atoms with van der Waals surface area (Å²) in [7, 11) is -3.60. The van der Waals surface area contributed by atoms with Gasteiger partial charge in [0.15, 0.2) is 0 Å². The Balaban J connectivity index is 1.55. The van der Waals surface area contributed by atoms with Gasteiger partial charge in [0.1, 0.15) is 11.5 Å². The largest absolute Gasteiger partial charge is 0.494 e. The quantitative estimate of drug-likeness (QED) is 0.0950. The lowest BCUT2D eigenvalue weighted by Gasteiger charge is -2.09. The van der Waals surface area contributed by atoms with E-state index in [4.69, 9.17) is 8.92 Å². The van der Waals surface area contributed by atoms with Gasteiger partial charge in [0.05, 0.1) is 12.4 Å². The summed E-state index contributed by atoms with van der Waals surface area (Å²) in [6.07, 6.45) is 21.6. The van der Waals surface area contributed by atoms with Gasteiger partial charge in [-0.05, 0) is 73.9 Å². The molecule has 0 aliphatic rings. The fourth-order valence-corrected chi connectivity index (χ4v) is 5.84. The average Bonchev–Trinajstić information content (AvgIpc) is 2.93. The Morgan fingerprint density at radius 3 is 1.44 bits per heavy atom. The Bertz CT molecular complexity index is 952. The zero-order valence-electron chi connectivity index (χ0n) is 24.8. The van der Waals surface area contributed by atoms with Gasteiger partial charge in [0, 0.05) is 0 Å². The van der Waals surface area contributed by atoms with E-state index in [1.165, 1.54) is 101 Å². The molecule has 0 amide bonds. The number of rotatable bonds is 24. The highest BCUT2D eigenvalue weighted by Crippen LogP contribution is 2.18. The minimum atomic E-state index is -3.60. The van der Waals surface area contributed by atoms with Crippen LogP contribution in [0.1, 0.15) is 128 Å². The average molecular weight is 559 g/mol. The second-order valence-electron chi connectivity index (χ2n) is 10.9. The standard InChI is InChI=1S/C34H54O4S/c1-3-5-7-9-11-13-15-19-31-21-25-33(26-22-31)37-29-17-18-30-39(35,36)38-34-27-23-32(24-28-34)20-16-14-12-10-8-6-4-2/h21-28H,3-20,29-30H2,1-2H3. The van der Waals surface area contributed by atoms with Gasteiger partial charge in [-0.15, -0.1) is 0 Å². The van der Waals surface area contributed by atoms with E-state index in [1.807, 2.05) is 24.3 Å². The maximum atomic E-state index is 12.4. The monoisotopic (exact) mass is 558 g/mol. The first kappa shape index (κ1) is 33.2. The van der Waals surface area contributed by atoms with E-state index in [0.717, 1.165) is 18.6 Å². The molecular weight excluding hydrogens is 504 g/mol. The molecule has 0 unspecified atom stereocenters. The number of ether oxygens (including phenoxy) is 1. The summed E-state index contributed by atoms with van der Waals surface area (Å²) in [6, 6.07) is 15.8. The zero-order valence-corrected chi connectivity index (χ0v) is 25.6. The SMILES string of the molecule is CCCCCCCCCc1ccc(OCCCCS(=O)(=O)Oc2ccc(CCCCCCCCC)cc2)cc1. The minimum absolute atomic E-state index is 0.00642. The van der Waals surface area contributed by atoms with Crippen LogP contribution in [0.25, 0.3) is 0 Å². The Hall–Kier alpha value is -2.01. The molecule has 0 heterocycles. The van der Waals surface area contributed by atoms with E-state index >= 15 is 0 Å². The van der Waals surface area contributed by atoms with Crippen LogP contribution in [0, 0.1) is 0 Å². The maximum Gasteiger partial charge on any atom is 0.309 e. The van der Waals surface area contributed by atoms with Crippen molar-refractivity contribution < 1.29 is 17.3 Å². The second kappa shape index (κ2) is 20.8. The third-order valence-corrected chi connectivity index (χ3v) is 8.50. The Kier molecular flexibility index (Phi) is 17.7. The molecule has 2 aromatic rings. The highest BCUT2D eigenvalue weighted by molar-refractivity contribution is 7.87. The molecule has 39 heavy (non-hydrogen) atoms. The molecule has 0 saturated carbocycles. The molecule has 0 saturated heterocycles. The summed E-state index contributed by atoms with van der Waals surface area (Å²) in [5.74, 6) is 1.23. The van der Waals surface area contributed by atoms with Crippen LogP contribution in [0.2, 0.25) is 0 Å². The fourth-order valence-electron chi connectivity index (χ4n) is 4.80. The summed E-state index contributed by atoms with van der Waals surface area (Å²) in [5, 5.41) is 0. The maximum absolute atomic E-state index is 12.4.